The monoisotopic (exact) mass is 558 g/mol. The number of nitrogens with one attached hydrogen (secondary N) is 1. The summed E-state index contributed by atoms with van der Waals surface area (Å²) in [6, 6.07) is 9.92. The van der Waals surface area contributed by atoms with Crippen molar-refractivity contribution in [3.05, 3.63) is 65.6 Å². The summed E-state index contributed by atoms with van der Waals surface area (Å²) in [5.74, 6) is 0.572. The van der Waals surface area contributed by atoms with Gasteiger partial charge in [0.15, 0.2) is 6.20 Å². The number of halogens is 1. The van der Waals surface area contributed by atoms with Crippen LogP contribution < -0.4 is 24.1 Å². The molecule has 0 radical (unpaired) electrons. The first-order chi connectivity index (χ1) is 17.8. The Morgan fingerprint density at radius 3 is 2.66 bits per heavy atom. The molecule has 0 aliphatic carbocycles. The number of aromatic nitrogens is 2. The summed E-state index contributed by atoms with van der Waals surface area (Å²) in [5, 5.41) is 0.445. The van der Waals surface area contributed by atoms with Gasteiger partial charge in [0.05, 0.1) is 17.4 Å². The molecule has 11 heteroatoms. The van der Waals surface area contributed by atoms with Gasteiger partial charge in [-0.2, -0.15) is 4.72 Å². The van der Waals surface area contributed by atoms with Crippen molar-refractivity contribution in [1.82, 2.24) is 9.71 Å². The zero-order valence-corrected chi connectivity index (χ0v) is 23.7. The topological polar surface area (TPSA) is 118 Å². The number of nitrogens with two attached hydrogens (primary N) is 1. The van der Waals surface area contributed by atoms with Gasteiger partial charge in [0.25, 0.3) is 5.91 Å². The Bertz CT molecular complexity index is 1480. The lowest BCUT2D eigenvalue weighted by molar-refractivity contribution is -0.511. The molecule has 202 valence electrons. The molecule has 1 aliphatic rings. The van der Waals surface area contributed by atoms with E-state index in [1.54, 1.807) is 36.5 Å². The molecular formula is C27H33ClN5O4S+. The van der Waals surface area contributed by atoms with Crippen LogP contribution in [0.2, 0.25) is 5.02 Å². The molecule has 1 atom stereocenters. The first-order valence-corrected chi connectivity index (χ1v) is 14.2. The first-order valence-electron chi connectivity index (χ1n) is 12.4. The lowest BCUT2D eigenvalue weighted by Crippen LogP contribution is -2.52. The van der Waals surface area contributed by atoms with Gasteiger partial charge < -0.3 is 15.4 Å². The van der Waals surface area contributed by atoms with Crippen LogP contribution in [0.15, 0.2) is 55.0 Å². The average Bonchev–Trinajstić information content (AvgIpc) is 3.11. The second-order valence-corrected chi connectivity index (χ2v) is 12.5. The lowest BCUT2D eigenvalue weighted by atomic mass is 9.97. The molecule has 3 aromatic rings. The van der Waals surface area contributed by atoms with Gasteiger partial charge in [-0.1, -0.05) is 22.5 Å². The van der Waals surface area contributed by atoms with Crippen LogP contribution in [0, 0.1) is 5.92 Å². The molecule has 4 rings (SSSR count). The van der Waals surface area contributed by atoms with Crippen molar-refractivity contribution >= 4 is 39.2 Å². The molecule has 38 heavy (non-hydrogen) atoms. The smallest absolute Gasteiger partial charge is 0.472 e. The van der Waals surface area contributed by atoms with Crippen LogP contribution >= 0.6 is 11.6 Å². The molecule has 9 nitrogen and oxygen atoms in total. The quantitative estimate of drug-likeness (QED) is 0.417. The molecule has 0 saturated carbocycles. The number of carbonyl (C=O) groups is 1. The maximum Gasteiger partial charge on any atom is 0.472 e. The lowest BCUT2D eigenvalue weighted by Gasteiger charge is -2.33. The Morgan fingerprint density at radius 2 is 2.03 bits per heavy atom. The largest absolute Gasteiger partial charge is 0.491 e. The van der Waals surface area contributed by atoms with Gasteiger partial charge in [0.2, 0.25) is 6.20 Å². The van der Waals surface area contributed by atoms with E-state index in [4.69, 9.17) is 22.1 Å². The number of ether oxygens (including phenoxy) is 1. The summed E-state index contributed by atoms with van der Waals surface area (Å²) in [6.07, 6.45) is 5.02. The molecule has 3 heterocycles. The van der Waals surface area contributed by atoms with E-state index in [2.05, 4.69) is 35.4 Å². The molecule has 1 amide bonds. The highest BCUT2D eigenvalue weighted by Gasteiger charge is 2.39. The van der Waals surface area contributed by atoms with E-state index < -0.39 is 16.1 Å². The van der Waals surface area contributed by atoms with Gasteiger partial charge in [-0.15, -0.1) is 8.42 Å². The summed E-state index contributed by atoms with van der Waals surface area (Å²) in [6.45, 7) is 10.8. The van der Waals surface area contributed by atoms with Gasteiger partial charge in [-0.05, 0) is 70.4 Å². The number of carbonyl (C=O) groups excluding carboxylic acids is 1. The van der Waals surface area contributed by atoms with E-state index in [1.165, 1.54) is 18.5 Å². The van der Waals surface area contributed by atoms with Gasteiger partial charge >= 0.3 is 10.2 Å². The van der Waals surface area contributed by atoms with Crippen LogP contribution in [-0.4, -0.2) is 37.5 Å². The highest BCUT2D eigenvalue weighted by molar-refractivity contribution is 7.83. The number of amides is 1. The second-order valence-electron chi connectivity index (χ2n) is 10.5. The summed E-state index contributed by atoms with van der Waals surface area (Å²) in [7, 11) is -4.27. The van der Waals surface area contributed by atoms with Crippen LogP contribution in [0.1, 0.15) is 51.4 Å². The maximum atomic E-state index is 13.6. The number of benzene rings is 1. The predicted molar refractivity (Wildman–Crippen MR) is 148 cm³/mol. The fourth-order valence-electron chi connectivity index (χ4n) is 4.86. The van der Waals surface area contributed by atoms with Gasteiger partial charge in [-0.25, -0.2) is 4.98 Å². The van der Waals surface area contributed by atoms with Crippen molar-refractivity contribution in [3.8, 4) is 16.9 Å². The van der Waals surface area contributed by atoms with Crippen molar-refractivity contribution in [2.24, 2.45) is 5.92 Å². The molecule has 1 aromatic carbocycles. The van der Waals surface area contributed by atoms with E-state index in [0.717, 1.165) is 10.4 Å². The third-order valence-corrected chi connectivity index (χ3v) is 7.91. The van der Waals surface area contributed by atoms with Crippen LogP contribution in [0.25, 0.3) is 11.1 Å². The van der Waals surface area contributed by atoms with E-state index in [9.17, 15) is 13.2 Å². The summed E-state index contributed by atoms with van der Waals surface area (Å²) >= 11 is 6.53. The van der Waals surface area contributed by atoms with Crippen LogP contribution in [0.3, 0.4) is 0 Å². The minimum Gasteiger partial charge on any atom is -0.491 e. The predicted octanol–water partition coefficient (Wildman–Crippen LogP) is 4.21. The number of pyridine rings is 2. The third-order valence-electron chi connectivity index (χ3n) is 6.36. The number of rotatable bonds is 7. The summed E-state index contributed by atoms with van der Waals surface area (Å²) in [4.78, 5) is 20.3. The molecule has 3 N–H and O–H groups in total. The minimum absolute atomic E-state index is 0.0417. The number of hydrogen-bond donors (Lipinski definition) is 2. The number of anilines is 2. The molecule has 1 fully saturated rings. The Labute approximate surface area is 228 Å². The highest BCUT2D eigenvalue weighted by atomic mass is 35.5. The number of nitrogen functional groups attached to an aromatic ring is 1. The average molecular weight is 559 g/mol. The zero-order chi connectivity index (χ0) is 27.8. The first kappa shape index (κ1) is 27.7. The van der Waals surface area contributed by atoms with Crippen LogP contribution in [0.4, 0.5) is 11.5 Å². The fourth-order valence-corrected chi connectivity index (χ4v) is 6.03. The van der Waals surface area contributed by atoms with Crippen molar-refractivity contribution < 1.29 is 21.9 Å². The molecule has 1 unspecified atom stereocenters. The molecule has 1 aliphatic heterocycles. The standard InChI is InChI=1S/C27H32ClN5O4S/c1-17(2)37-21-8-9-24(28)22(12-21)19-11-23(25(30-14-19)33-15-18(3)13-27(33,4)5)26(34)31-38(35,36)32-10-6-7-20(29)16-32/h6-12,14,16-18H,13,15,29H2,1-5H3/p+1. The van der Waals surface area contributed by atoms with E-state index >= 15 is 0 Å². The van der Waals surface area contributed by atoms with E-state index in [1.807, 2.05) is 13.8 Å². The molecule has 2 aromatic heterocycles. The van der Waals surface area contributed by atoms with Crippen LogP contribution in [0.5, 0.6) is 5.75 Å². The van der Waals surface area contributed by atoms with Gasteiger partial charge in [0, 0.05) is 40.5 Å². The minimum atomic E-state index is -4.27. The second kappa shape index (κ2) is 10.4. The Hall–Kier alpha value is -3.37. The van der Waals surface area contributed by atoms with Gasteiger partial charge in [-0.3, -0.25) is 4.79 Å². The van der Waals surface area contributed by atoms with Crippen molar-refractivity contribution in [2.45, 2.75) is 52.7 Å². The molecule has 0 spiro atoms. The Balaban J connectivity index is 1.81. The fraction of sp³-hybridized carbons (Fsp3) is 0.370. The summed E-state index contributed by atoms with van der Waals surface area (Å²) < 4.78 is 34.9. The van der Waals surface area contributed by atoms with E-state index in [0.29, 0.717) is 40.2 Å². The molecular weight excluding hydrogens is 526 g/mol. The SMILES string of the molecule is CC1CN(c2ncc(-c3cc(OC(C)C)ccc3Cl)cc2C(=O)NS(=O)(=O)[n+]2cccc(N)c2)C(C)(C)C1. The normalized spacial score (nSPS) is 17.0. The maximum absolute atomic E-state index is 13.6. The zero-order valence-electron chi connectivity index (χ0n) is 22.1. The van der Waals surface area contributed by atoms with Crippen molar-refractivity contribution in [2.75, 3.05) is 17.2 Å². The third kappa shape index (κ3) is 5.86. The Kier molecular flexibility index (Phi) is 7.58. The molecule has 0 bridgehead atoms. The van der Waals surface area contributed by atoms with Crippen LogP contribution in [-0.2, 0) is 10.2 Å². The van der Waals surface area contributed by atoms with E-state index in [-0.39, 0.29) is 22.9 Å². The van der Waals surface area contributed by atoms with Crippen molar-refractivity contribution in [1.29, 1.82) is 0 Å². The summed E-state index contributed by atoms with van der Waals surface area (Å²) in [5.41, 5.74) is 6.98. The number of hydrogen-bond acceptors (Lipinski definition) is 7. The molecule has 1 saturated heterocycles. The van der Waals surface area contributed by atoms with Crippen molar-refractivity contribution in [3.63, 3.8) is 0 Å². The number of nitrogens with zero attached hydrogens (tertiary/aromatic N) is 3. The van der Waals surface area contributed by atoms with Gasteiger partial charge in [0.1, 0.15) is 11.6 Å². The Morgan fingerprint density at radius 1 is 1.29 bits per heavy atom. The highest BCUT2D eigenvalue weighted by Crippen LogP contribution is 2.39.